The second kappa shape index (κ2) is 4.22. The van der Waals surface area contributed by atoms with Gasteiger partial charge in [0.25, 0.3) is 0 Å². The Bertz CT molecular complexity index is 515. The van der Waals surface area contributed by atoms with Crippen molar-refractivity contribution in [1.82, 2.24) is 9.88 Å². The van der Waals surface area contributed by atoms with Crippen LogP contribution in [0.15, 0.2) is 24.3 Å². The first-order chi connectivity index (χ1) is 7.56. The fourth-order valence-electron chi connectivity index (χ4n) is 1.98. The van der Waals surface area contributed by atoms with Crippen molar-refractivity contribution in [3.63, 3.8) is 0 Å². The summed E-state index contributed by atoms with van der Waals surface area (Å²) in [5.74, 6) is 0. The van der Waals surface area contributed by atoms with Crippen LogP contribution in [-0.2, 0) is 6.54 Å². The van der Waals surface area contributed by atoms with Gasteiger partial charge in [0.1, 0.15) is 0 Å². The number of pyridine rings is 1. The van der Waals surface area contributed by atoms with Gasteiger partial charge in [-0.1, -0.05) is 11.6 Å². The van der Waals surface area contributed by atoms with Crippen LogP contribution < -0.4 is 0 Å². The van der Waals surface area contributed by atoms with E-state index in [1.54, 1.807) is 0 Å². The molecule has 84 valence electrons. The molecule has 0 unspecified atom stereocenters. The Morgan fingerprint density at radius 1 is 1.12 bits per heavy atom. The van der Waals surface area contributed by atoms with Crippen molar-refractivity contribution in [2.45, 2.75) is 20.4 Å². The summed E-state index contributed by atoms with van der Waals surface area (Å²) in [6.45, 7) is 5.17. The number of aromatic nitrogens is 1. The Hall–Kier alpha value is -1.41. The Morgan fingerprint density at radius 3 is 2.56 bits per heavy atom. The molecule has 0 saturated carbocycles. The van der Waals surface area contributed by atoms with Gasteiger partial charge in [-0.05, 0) is 51.7 Å². The molecule has 0 spiro atoms. The van der Waals surface area contributed by atoms with Gasteiger partial charge >= 0.3 is 0 Å². The normalized spacial score (nSPS) is 11.3. The summed E-state index contributed by atoms with van der Waals surface area (Å²) < 4.78 is 0. The molecular weight excluding hydrogens is 196 g/mol. The quantitative estimate of drug-likeness (QED) is 0.764. The molecule has 2 aromatic rings. The highest BCUT2D eigenvalue weighted by Crippen LogP contribution is 2.19. The number of hydrogen-bond acceptors (Lipinski definition) is 2. The average molecular weight is 214 g/mol. The predicted octanol–water partition coefficient (Wildman–Crippen LogP) is 2.91. The van der Waals surface area contributed by atoms with E-state index in [1.165, 1.54) is 16.5 Å². The molecule has 0 aliphatic rings. The minimum absolute atomic E-state index is 0.894. The number of benzene rings is 1. The van der Waals surface area contributed by atoms with Gasteiger partial charge in [-0.25, -0.2) is 0 Å². The molecule has 2 rings (SSSR count). The minimum atomic E-state index is 0.894. The second-order valence-electron chi connectivity index (χ2n) is 4.69. The van der Waals surface area contributed by atoms with Gasteiger partial charge in [0, 0.05) is 11.9 Å². The van der Waals surface area contributed by atoms with E-state index < -0.39 is 0 Å². The first-order valence-corrected chi connectivity index (χ1v) is 5.58. The molecule has 1 heterocycles. The molecule has 0 N–H and O–H groups in total. The summed E-state index contributed by atoms with van der Waals surface area (Å²) in [7, 11) is 4.13. The van der Waals surface area contributed by atoms with Crippen LogP contribution in [0.4, 0.5) is 0 Å². The van der Waals surface area contributed by atoms with E-state index in [9.17, 15) is 0 Å². The van der Waals surface area contributed by atoms with Gasteiger partial charge in [-0.15, -0.1) is 0 Å². The third kappa shape index (κ3) is 2.22. The molecule has 16 heavy (non-hydrogen) atoms. The molecule has 0 amide bonds. The van der Waals surface area contributed by atoms with Gasteiger partial charge in [0.05, 0.1) is 11.2 Å². The number of fused-ring (bicyclic) bond motifs is 1. The Morgan fingerprint density at radius 2 is 1.88 bits per heavy atom. The van der Waals surface area contributed by atoms with E-state index in [-0.39, 0.29) is 0 Å². The lowest BCUT2D eigenvalue weighted by molar-refractivity contribution is 0.397. The monoisotopic (exact) mass is 214 g/mol. The second-order valence-corrected chi connectivity index (χ2v) is 4.69. The van der Waals surface area contributed by atoms with Crippen LogP contribution in [0.2, 0.25) is 0 Å². The number of nitrogens with zero attached hydrogens (tertiary/aromatic N) is 2. The number of rotatable bonds is 2. The highest BCUT2D eigenvalue weighted by atomic mass is 15.1. The molecular formula is C14H18N2. The molecule has 0 bridgehead atoms. The van der Waals surface area contributed by atoms with Gasteiger partial charge in [0.15, 0.2) is 0 Å². The molecule has 0 aliphatic heterocycles. The van der Waals surface area contributed by atoms with Crippen LogP contribution in [0.5, 0.6) is 0 Å². The highest BCUT2D eigenvalue weighted by molar-refractivity contribution is 5.82. The van der Waals surface area contributed by atoms with Gasteiger partial charge in [-0.2, -0.15) is 0 Å². The topological polar surface area (TPSA) is 16.1 Å². The van der Waals surface area contributed by atoms with Crippen molar-refractivity contribution in [3.05, 3.63) is 41.1 Å². The van der Waals surface area contributed by atoms with Crippen molar-refractivity contribution in [2.24, 2.45) is 0 Å². The van der Waals surface area contributed by atoms with Crippen LogP contribution in [0.1, 0.15) is 16.8 Å². The summed E-state index contributed by atoms with van der Waals surface area (Å²) in [6, 6.07) is 8.62. The number of hydrogen-bond donors (Lipinski definition) is 0. The molecule has 1 aromatic heterocycles. The Balaban J connectivity index is 2.55. The highest BCUT2D eigenvalue weighted by Gasteiger charge is 2.03. The molecule has 0 atom stereocenters. The molecule has 0 aliphatic carbocycles. The van der Waals surface area contributed by atoms with E-state index >= 15 is 0 Å². The van der Waals surface area contributed by atoms with Crippen molar-refractivity contribution in [2.75, 3.05) is 14.1 Å². The largest absolute Gasteiger partial charge is 0.304 e. The Labute approximate surface area is 96.9 Å². The van der Waals surface area contributed by atoms with Crippen LogP contribution in [-0.4, -0.2) is 24.0 Å². The standard InChI is InChI=1S/C14H18N2/c1-10-5-6-14-13(7-10)11(2)8-12(15-14)9-16(3)4/h5-8H,9H2,1-4H3. The molecule has 0 fully saturated rings. The molecule has 1 aromatic carbocycles. The lowest BCUT2D eigenvalue weighted by atomic mass is 10.1. The lowest BCUT2D eigenvalue weighted by Gasteiger charge is -2.11. The lowest BCUT2D eigenvalue weighted by Crippen LogP contribution is -2.12. The van der Waals surface area contributed by atoms with E-state index in [1.807, 2.05) is 0 Å². The average Bonchev–Trinajstić information content (AvgIpc) is 2.18. The van der Waals surface area contributed by atoms with Crippen LogP contribution in [0.25, 0.3) is 10.9 Å². The fraction of sp³-hybridized carbons (Fsp3) is 0.357. The van der Waals surface area contributed by atoms with Crippen LogP contribution in [0.3, 0.4) is 0 Å². The first-order valence-electron chi connectivity index (χ1n) is 5.58. The van der Waals surface area contributed by atoms with Crippen molar-refractivity contribution >= 4 is 10.9 Å². The van der Waals surface area contributed by atoms with Crippen LogP contribution in [0, 0.1) is 13.8 Å². The zero-order valence-corrected chi connectivity index (χ0v) is 10.4. The van der Waals surface area contributed by atoms with Crippen molar-refractivity contribution < 1.29 is 0 Å². The number of aryl methyl sites for hydroxylation is 2. The Kier molecular flexibility index (Phi) is 2.92. The third-order valence-electron chi connectivity index (χ3n) is 2.70. The summed E-state index contributed by atoms with van der Waals surface area (Å²) >= 11 is 0. The molecule has 2 heteroatoms. The van der Waals surface area contributed by atoms with E-state index in [4.69, 9.17) is 0 Å². The van der Waals surface area contributed by atoms with Gasteiger partial charge in [0.2, 0.25) is 0 Å². The molecule has 0 saturated heterocycles. The first kappa shape index (κ1) is 11.1. The zero-order valence-electron chi connectivity index (χ0n) is 10.4. The smallest absolute Gasteiger partial charge is 0.0708 e. The molecule has 0 radical (unpaired) electrons. The zero-order chi connectivity index (χ0) is 11.7. The SMILES string of the molecule is Cc1ccc2nc(CN(C)C)cc(C)c2c1. The maximum atomic E-state index is 4.68. The van der Waals surface area contributed by atoms with Gasteiger partial charge < -0.3 is 4.90 Å². The molecule has 2 nitrogen and oxygen atoms in total. The maximum Gasteiger partial charge on any atom is 0.0708 e. The third-order valence-corrected chi connectivity index (χ3v) is 2.70. The van der Waals surface area contributed by atoms with Crippen molar-refractivity contribution in [1.29, 1.82) is 0 Å². The summed E-state index contributed by atoms with van der Waals surface area (Å²) in [4.78, 5) is 6.82. The summed E-state index contributed by atoms with van der Waals surface area (Å²) in [5.41, 5.74) is 4.84. The summed E-state index contributed by atoms with van der Waals surface area (Å²) in [5, 5.41) is 1.27. The minimum Gasteiger partial charge on any atom is -0.304 e. The van der Waals surface area contributed by atoms with Gasteiger partial charge in [-0.3, -0.25) is 4.98 Å². The fourth-order valence-corrected chi connectivity index (χ4v) is 1.98. The van der Waals surface area contributed by atoms with E-state index in [2.05, 4.69) is 62.1 Å². The van der Waals surface area contributed by atoms with E-state index in [0.29, 0.717) is 0 Å². The predicted molar refractivity (Wildman–Crippen MR) is 68.6 cm³/mol. The van der Waals surface area contributed by atoms with Crippen LogP contribution >= 0.6 is 0 Å². The summed E-state index contributed by atoms with van der Waals surface area (Å²) in [6.07, 6.45) is 0. The maximum absolute atomic E-state index is 4.68. The van der Waals surface area contributed by atoms with E-state index in [0.717, 1.165) is 17.8 Å². The van der Waals surface area contributed by atoms with Crippen molar-refractivity contribution in [3.8, 4) is 0 Å².